The quantitative estimate of drug-likeness (QED) is 0.911. The molecule has 0 unspecified atom stereocenters. The minimum Gasteiger partial charge on any atom is -0.352 e. The van der Waals surface area contributed by atoms with Crippen molar-refractivity contribution >= 4 is 28.1 Å². The Morgan fingerprint density at radius 1 is 1.35 bits per heavy atom. The first-order valence-corrected chi connectivity index (χ1v) is 6.43. The van der Waals surface area contributed by atoms with Gasteiger partial charge in [-0.3, -0.25) is 4.79 Å². The molecule has 1 aromatic heterocycles. The summed E-state index contributed by atoms with van der Waals surface area (Å²) in [5.41, 5.74) is -0.700. The molecule has 2 rings (SSSR count). The van der Waals surface area contributed by atoms with Crippen LogP contribution in [0.4, 0.5) is 24.0 Å². The van der Waals surface area contributed by atoms with Gasteiger partial charge in [-0.05, 0) is 18.2 Å². The SMILES string of the molecule is O=C(CNc1nccs1)Nc1cccc(C(F)(F)F)c1. The molecular weight excluding hydrogens is 291 g/mol. The first kappa shape index (κ1) is 14.3. The minimum atomic E-state index is -4.43. The fraction of sp³-hybridized carbons (Fsp3) is 0.167. The second kappa shape index (κ2) is 5.91. The first-order valence-electron chi connectivity index (χ1n) is 5.55. The molecule has 4 nitrogen and oxygen atoms in total. The second-order valence-electron chi connectivity index (χ2n) is 3.82. The average molecular weight is 301 g/mol. The van der Waals surface area contributed by atoms with Gasteiger partial charge >= 0.3 is 6.18 Å². The van der Waals surface area contributed by atoms with E-state index in [2.05, 4.69) is 15.6 Å². The van der Waals surface area contributed by atoms with E-state index >= 15 is 0 Å². The van der Waals surface area contributed by atoms with Crippen molar-refractivity contribution < 1.29 is 18.0 Å². The molecule has 0 aliphatic heterocycles. The highest BCUT2D eigenvalue weighted by Crippen LogP contribution is 2.30. The number of amides is 1. The number of benzene rings is 1. The van der Waals surface area contributed by atoms with E-state index in [0.717, 1.165) is 12.1 Å². The van der Waals surface area contributed by atoms with Crippen LogP contribution in [0.5, 0.6) is 0 Å². The van der Waals surface area contributed by atoms with E-state index in [9.17, 15) is 18.0 Å². The van der Waals surface area contributed by atoms with Gasteiger partial charge in [-0.1, -0.05) is 6.07 Å². The number of nitrogens with one attached hydrogen (secondary N) is 2. The van der Waals surface area contributed by atoms with Crippen LogP contribution in [0.1, 0.15) is 5.56 Å². The summed E-state index contributed by atoms with van der Waals surface area (Å²) >= 11 is 1.33. The number of nitrogens with zero attached hydrogens (tertiary/aromatic N) is 1. The van der Waals surface area contributed by atoms with Crippen LogP contribution in [0.2, 0.25) is 0 Å². The molecule has 0 spiro atoms. The summed E-state index contributed by atoms with van der Waals surface area (Å²) in [7, 11) is 0. The van der Waals surface area contributed by atoms with Gasteiger partial charge in [0.15, 0.2) is 5.13 Å². The van der Waals surface area contributed by atoms with Crippen molar-refractivity contribution in [3.05, 3.63) is 41.4 Å². The van der Waals surface area contributed by atoms with Gasteiger partial charge in [-0.2, -0.15) is 13.2 Å². The molecule has 0 saturated carbocycles. The van der Waals surface area contributed by atoms with E-state index in [1.54, 1.807) is 11.6 Å². The van der Waals surface area contributed by atoms with Gasteiger partial charge in [0.05, 0.1) is 12.1 Å². The maximum atomic E-state index is 12.5. The topological polar surface area (TPSA) is 54.0 Å². The van der Waals surface area contributed by atoms with E-state index < -0.39 is 17.6 Å². The van der Waals surface area contributed by atoms with Gasteiger partial charge in [0, 0.05) is 17.3 Å². The molecular formula is C12H10F3N3OS. The molecule has 0 saturated heterocycles. The monoisotopic (exact) mass is 301 g/mol. The lowest BCUT2D eigenvalue weighted by Gasteiger charge is -2.10. The molecule has 8 heteroatoms. The van der Waals surface area contributed by atoms with Gasteiger partial charge < -0.3 is 10.6 Å². The summed E-state index contributed by atoms with van der Waals surface area (Å²) in [6.45, 7) is -0.0657. The number of alkyl halides is 3. The molecule has 0 atom stereocenters. The van der Waals surface area contributed by atoms with Crippen molar-refractivity contribution in [2.24, 2.45) is 0 Å². The maximum Gasteiger partial charge on any atom is 0.416 e. The zero-order chi connectivity index (χ0) is 14.6. The Balaban J connectivity index is 1.94. The molecule has 0 aliphatic rings. The third-order valence-corrected chi connectivity index (χ3v) is 3.04. The molecule has 1 amide bonds. The van der Waals surface area contributed by atoms with E-state index in [-0.39, 0.29) is 12.2 Å². The highest BCUT2D eigenvalue weighted by atomic mass is 32.1. The summed E-state index contributed by atoms with van der Waals surface area (Å²) in [6, 6.07) is 4.48. The number of aromatic nitrogens is 1. The number of halogens is 3. The van der Waals surface area contributed by atoms with Crippen LogP contribution in [0.15, 0.2) is 35.8 Å². The van der Waals surface area contributed by atoms with Crippen LogP contribution in [-0.2, 0) is 11.0 Å². The van der Waals surface area contributed by atoms with Crippen molar-refractivity contribution in [3.8, 4) is 0 Å². The fourth-order valence-electron chi connectivity index (χ4n) is 1.45. The van der Waals surface area contributed by atoms with E-state index in [1.807, 2.05) is 0 Å². The number of anilines is 2. The second-order valence-corrected chi connectivity index (χ2v) is 4.71. The van der Waals surface area contributed by atoms with Gasteiger partial charge in [0.2, 0.25) is 5.91 Å². The number of hydrogen-bond donors (Lipinski definition) is 2. The molecule has 0 fully saturated rings. The van der Waals surface area contributed by atoms with Crippen molar-refractivity contribution in [2.75, 3.05) is 17.2 Å². The normalized spacial score (nSPS) is 11.2. The Hall–Kier alpha value is -2.09. The van der Waals surface area contributed by atoms with Gasteiger partial charge in [0.25, 0.3) is 0 Å². The number of carbonyl (C=O) groups is 1. The molecule has 0 bridgehead atoms. The summed E-state index contributed by atoms with van der Waals surface area (Å²) in [6.07, 6.45) is -2.85. The number of thiazole rings is 1. The Labute approximate surface area is 116 Å². The van der Waals surface area contributed by atoms with Crippen LogP contribution >= 0.6 is 11.3 Å². The molecule has 20 heavy (non-hydrogen) atoms. The fourth-order valence-corrected chi connectivity index (χ4v) is 1.97. The number of rotatable bonds is 4. The molecule has 0 radical (unpaired) electrons. The minimum absolute atomic E-state index is 0.0657. The predicted molar refractivity (Wildman–Crippen MR) is 70.7 cm³/mol. The van der Waals surface area contributed by atoms with Crippen LogP contribution in [0.25, 0.3) is 0 Å². The molecule has 2 N–H and O–H groups in total. The lowest BCUT2D eigenvalue weighted by molar-refractivity contribution is -0.137. The first-order chi connectivity index (χ1) is 9.45. The van der Waals surface area contributed by atoms with E-state index in [4.69, 9.17) is 0 Å². The average Bonchev–Trinajstić information content (AvgIpc) is 2.89. The van der Waals surface area contributed by atoms with Crippen molar-refractivity contribution in [3.63, 3.8) is 0 Å². The standard InChI is InChI=1S/C12H10F3N3OS/c13-12(14,15)8-2-1-3-9(6-8)18-10(19)7-17-11-16-4-5-20-11/h1-6H,7H2,(H,16,17)(H,18,19). The molecule has 106 valence electrons. The van der Waals surface area contributed by atoms with Gasteiger partial charge in [-0.15, -0.1) is 11.3 Å². The Morgan fingerprint density at radius 3 is 2.80 bits per heavy atom. The zero-order valence-corrected chi connectivity index (χ0v) is 10.9. The zero-order valence-electron chi connectivity index (χ0n) is 10.1. The predicted octanol–water partition coefficient (Wildman–Crippen LogP) is 3.21. The molecule has 0 aliphatic carbocycles. The van der Waals surface area contributed by atoms with Crippen LogP contribution in [-0.4, -0.2) is 17.4 Å². The molecule has 2 aromatic rings. The Morgan fingerprint density at radius 2 is 2.15 bits per heavy atom. The van der Waals surface area contributed by atoms with E-state index in [1.165, 1.54) is 23.5 Å². The Bertz CT molecular complexity index is 584. The molecule has 1 aromatic carbocycles. The van der Waals surface area contributed by atoms with Crippen molar-refractivity contribution in [1.29, 1.82) is 0 Å². The van der Waals surface area contributed by atoms with Crippen LogP contribution < -0.4 is 10.6 Å². The summed E-state index contributed by atoms with van der Waals surface area (Å²) in [5.74, 6) is -0.445. The van der Waals surface area contributed by atoms with Crippen molar-refractivity contribution in [2.45, 2.75) is 6.18 Å². The highest BCUT2D eigenvalue weighted by Gasteiger charge is 2.30. The largest absolute Gasteiger partial charge is 0.416 e. The summed E-state index contributed by atoms with van der Waals surface area (Å²) in [4.78, 5) is 15.5. The number of hydrogen-bond acceptors (Lipinski definition) is 4. The Kier molecular flexibility index (Phi) is 4.23. The van der Waals surface area contributed by atoms with Crippen LogP contribution in [0, 0.1) is 0 Å². The maximum absolute atomic E-state index is 12.5. The smallest absolute Gasteiger partial charge is 0.352 e. The lowest BCUT2D eigenvalue weighted by atomic mass is 10.2. The molecule has 1 heterocycles. The summed E-state index contributed by atoms with van der Waals surface area (Å²) < 4.78 is 37.5. The van der Waals surface area contributed by atoms with Crippen molar-refractivity contribution in [1.82, 2.24) is 4.98 Å². The van der Waals surface area contributed by atoms with Crippen LogP contribution in [0.3, 0.4) is 0 Å². The number of carbonyl (C=O) groups excluding carboxylic acids is 1. The third kappa shape index (κ3) is 3.95. The lowest BCUT2D eigenvalue weighted by Crippen LogP contribution is -2.21. The summed E-state index contributed by atoms with van der Waals surface area (Å²) in [5, 5.41) is 7.47. The van der Waals surface area contributed by atoms with Gasteiger partial charge in [-0.25, -0.2) is 4.98 Å². The van der Waals surface area contributed by atoms with E-state index in [0.29, 0.717) is 5.13 Å². The van der Waals surface area contributed by atoms with Gasteiger partial charge in [0.1, 0.15) is 0 Å². The highest BCUT2D eigenvalue weighted by molar-refractivity contribution is 7.13. The third-order valence-electron chi connectivity index (χ3n) is 2.31.